The van der Waals surface area contributed by atoms with Crippen molar-refractivity contribution in [3.05, 3.63) is 23.5 Å². The Morgan fingerprint density at radius 3 is 2.52 bits per heavy atom. The number of sulfonamides is 1. The smallest absolute Gasteiger partial charge is 0.319 e. The highest BCUT2D eigenvalue weighted by molar-refractivity contribution is 7.88. The van der Waals surface area contributed by atoms with Crippen molar-refractivity contribution in [3.8, 4) is 0 Å². The van der Waals surface area contributed by atoms with Gasteiger partial charge in [-0.2, -0.15) is 0 Å². The zero-order valence-electron chi connectivity index (χ0n) is 13.8. The van der Waals surface area contributed by atoms with E-state index in [1.165, 1.54) is 10.6 Å². The molecule has 8 heteroatoms. The van der Waals surface area contributed by atoms with Gasteiger partial charge in [-0.25, -0.2) is 17.5 Å². The Balaban J connectivity index is 1.77. The SMILES string of the molecule is Cc1ccc(NC(=O)NCC2CCN(S(C)(=O)=O)CC2)c(C)n1. The average Bonchev–Trinajstić information content (AvgIpc) is 2.47. The number of carbonyl (C=O) groups excluding carboxylic acids is 1. The van der Waals surface area contributed by atoms with Gasteiger partial charge in [0.15, 0.2) is 0 Å². The molecule has 2 N–H and O–H groups in total. The average molecular weight is 340 g/mol. The van der Waals surface area contributed by atoms with Crippen molar-refractivity contribution in [2.24, 2.45) is 5.92 Å². The highest BCUT2D eigenvalue weighted by Gasteiger charge is 2.25. The predicted molar refractivity (Wildman–Crippen MR) is 89.9 cm³/mol. The maximum Gasteiger partial charge on any atom is 0.319 e. The highest BCUT2D eigenvalue weighted by atomic mass is 32.2. The van der Waals surface area contributed by atoms with E-state index >= 15 is 0 Å². The molecule has 1 aliphatic rings. The van der Waals surface area contributed by atoms with E-state index in [1.54, 1.807) is 0 Å². The van der Waals surface area contributed by atoms with Crippen LogP contribution >= 0.6 is 0 Å². The Morgan fingerprint density at radius 1 is 1.30 bits per heavy atom. The molecule has 0 atom stereocenters. The molecule has 2 heterocycles. The molecule has 128 valence electrons. The van der Waals surface area contributed by atoms with Crippen LogP contribution in [0, 0.1) is 19.8 Å². The molecule has 23 heavy (non-hydrogen) atoms. The number of aromatic nitrogens is 1. The van der Waals surface area contributed by atoms with Gasteiger partial charge < -0.3 is 10.6 Å². The minimum absolute atomic E-state index is 0.260. The van der Waals surface area contributed by atoms with E-state index in [4.69, 9.17) is 0 Å². The molecule has 1 aromatic heterocycles. The lowest BCUT2D eigenvalue weighted by atomic mass is 9.98. The number of pyridine rings is 1. The van der Waals surface area contributed by atoms with Gasteiger partial charge in [0.2, 0.25) is 10.0 Å². The molecule has 1 saturated heterocycles. The van der Waals surface area contributed by atoms with Crippen molar-refractivity contribution in [1.29, 1.82) is 0 Å². The third-order valence-corrected chi connectivity index (χ3v) is 5.37. The minimum Gasteiger partial charge on any atom is -0.338 e. The van der Waals surface area contributed by atoms with E-state index < -0.39 is 10.0 Å². The molecule has 1 fully saturated rings. The lowest BCUT2D eigenvalue weighted by Gasteiger charge is -2.30. The van der Waals surface area contributed by atoms with E-state index in [0.717, 1.165) is 24.2 Å². The summed E-state index contributed by atoms with van der Waals surface area (Å²) in [5.41, 5.74) is 2.38. The zero-order chi connectivity index (χ0) is 17.0. The molecule has 1 aliphatic heterocycles. The molecule has 0 aromatic carbocycles. The van der Waals surface area contributed by atoms with E-state index in [1.807, 2.05) is 26.0 Å². The van der Waals surface area contributed by atoms with Crippen LogP contribution in [0.2, 0.25) is 0 Å². The number of nitrogens with zero attached hydrogens (tertiary/aromatic N) is 2. The first-order valence-corrected chi connectivity index (χ1v) is 9.55. The third-order valence-electron chi connectivity index (χ3n) is 4.07. The molecule has 0 aliphatic carbocycles. The number of aryl methyl sites for hydroxylation is 2. The first-order chi connectivity index (χ1) is 10.8. The van der Waals surface area contributed by atoms with Crippen molar-refractivity contribution in [1.82, 2.24) is 14.6 Å². The van der Waals surface area contributed by atoms with Crippen molar-refractivity contribution in [2.45, 2.75) is 26.7 Å². The topological polar surface area (TPSA) is 91.4 Å². The van der Waals surface area contributed by atoms with Crippen LogP contribution in [-0.4, -0.2) is 49.6 Å². The van der Waals surface area contributed by atoms with E-state index in [-0.39, 0.29) is 6.03 Å². The maximum atomic E-state index is 12.0. The number of carbonyl (C=O) groups is 1. The van der Waals surface area contributed by atoms with Crippen LogP contribution < -0.4 is 10.6 Å². The summed E-state index contributed by atoms with van der Waals surface area (Å²) in [6.07, 6.45) is 2.76. The fourth-order valence-corrected chi connectivity index (χ4v) is 3.54. The number of hydrogen-bond donors (Lipinski definition) is 2. The Morgan fingerprint density at radius 2 is 1.96 bits per heavy atom. The normalized spacial score (nSPS) is 17.0. The van der Waals surface area contributed by atoms with Gasteiger partial charge in [0.25, 0.3) is 0 Å². The number of rotatable bonds is 4. The summed E-state index contributed by atoms with van der Waals surface area (Å²) in [5.74, 6) is 0.302. The Labute approximate surface area is 137 Å². The quantitative estimate of drug-likeness (QED) is 0.869. The number of anilines is 1. The molecular formula is C15H24N4O3S. The molecule has 0 radical (unpaired) electrons. The van der Waals surface area contributed by atoms with Crippen molar-refractivity contribution in [2.75, 3.05) is 31.2 Å². The van der Waals surface area contributed by atoms with E-state index in [9.17, 15) is 13.2 Å². The Hall–Kier alpha value is -1.67. The maximum absolute atomic E-state index is 12.0. The van der Waals surface area contributed by atoms with Crippen LogP contribution in [0.3, 0.4) is 0 Å². The number of urea groups is 1. The zero-order valence-corrected chi connectivity index (χ0v) is 14.6. The molecule has 7 nitrogen and oxygen atoms in total. The summed E-state index contributed by atoms with van der Waals surface area (Å²) in [6, 6.07) is 3.43. The first-order valence-electron chi connectivity index (χ1n) is 7.70. The summed E-state index contributed by atoms with van der Waals surface area (Å²) >= 11 is 0. The fraction of sp³-hybridized carbons (Fsp3) is 0.600. The first kappa shape index (κ1) is 17.7. The van der Waals surface area contributed by atoms with Crippen LogP contribution in [0.15, 0.2) is 12.1 Å². The van der Waals surface area contributed by atoms with Gasteiger partial charge in [0, 0.05) is 25.3 Å². The summed E-state index contributed by atoms with van der Waals surface area (Å²) in [4.78, 5) is 16.3. The second kappa shape index (κ2) is 7.27. The van der Waals surface area contributed by atoms with Crippen LogP contribution in [-0.2, 0) is 10.0 Å². The van der Waals surface area contributed by atoms with Gasteiger partial charge in [-0.05, 0) is 44.7 Å². The second-order valence-corrected chi connectivity index (χ2v) is 8.01. The van der Waals surface area contributed by atoms with Crippen LogP contribution in [0.4, 0.5) is 10.5 Å². The van der Waals surface area contributed by atoms with Gasteiger partial charge in [0.05, 0.1) is 17.6 Å². The summed E-state index contributed by atoms with van der Waals surface area (Å²) < 4.78 is 24.4. The van der Waals surface area contributed by atoms with Crippen molar-refractivity contribution in [3.63, 3.8) is 0 Å². The van der Waals surface area contributed by atoms with Crippen molar-refractivity contribution >= 4 is 21.7 Å². The lowest BCUT2D eigenvalue weighted by molar-refractivity contribution is 0.241. The van der Waals surface area contributed by atoms with Gasteiger partial charge in [0.1, 0.15) is 0 Å². The second-order valence-electron chi connectivity index (χ2n) is 6.03. The van der Waals surface area contributed by atoms with Crippen molar-refractivity contribution < 1.29 is 13.2 Å². The van der Waals surface area contributed by atoms with Crippen LogP contribution in [0.25, 0.3) is 0 Å². The molecule has 0 unspecified atom stereocenters. The molecular weight excluding hydrogens is 316 g/mol. The highest BCUT2D eigenvalue weighted by Crippen LogP contribution is 2.18. The molecule has 0 saturated carbocycles. The number of piperidine rings is 1. The molecule has 0 spiro atoms. The van der Waals surface area contributed by atoms with Gasteiger partial charge in [-0.1, -0.05) is 0 Å². The molecule has 2 amide bonds. The largest absolute Gasteiger partial charge is 0.338 e. The fourth-order valence-electron chi connectivity index (χ4n) is 2.67. The predicted octanol–water partition coefficient (Wildman–Crippen LogP) is 1.49. The monoisotopic (exact) mass is 340 g/mol. The standard InChI is InChI=1S/C15H24N4O3S/c1-11-4-5-14(12(2)17-11)18-15(20)16-10-13-6-8-19(9-7-13)23(3,21)22/h4-5,13H,6-10H2,1-3H3,(H2,16,18,20). The Bertz CT molecular complexity index is 667. The van der Waals surface area contributed by atoms with Gasteiger partial charge in [-0.15, -0.1) is 0 Å². The molecule has 2 rings (SSSR count). The number of amides is 2. The van der Waals surface area contributed by atoms with Gasteiger partial charge in [-0.3, -0.25) is 4.98 Å². The summed E-state index contributed by atoms with van der Waals surface area (Å²) in [5, 5.41) is 5.64. The minimum atomic E-state index is -3.10. The Kier molecular flexibility index (Phi) is 5.59. The van der Waals surface area contributed by atoms with Crippen LogP contribution in [0.1, 0.15) is 24.2 Å². The lowest BCUT2D eigenvalue weighted by Crippen LogP contribution is -2.41. The third kappa shape index (κ3) is 5.18. The summed E-state index contributed by atoms with van der Waals surface area (Å²) in [6.45, 7) is 5.34. The number of nitrogens with one attached hydrogen (secondary N) is 2. The van der Waals surface area contributed by atoms with E-state index in [2.05, 4.69) is 15.6 Å². The van der Waals surface area contributed by atoms with Gasteiger partial charge >= 0.3 is 6.03 Å². The van der Waals surface area contributed by atoms with E-state index in [0.29, 0.717) is 31.2 Å². The summed E-state index contributed by atoms with van der Waals surface area (Å²) in [7, 11) is -3.10. The van der Waals surface area contributed by atoms with Crippen LogP contribution in [0.5, 0.6) is 0 Å². The number of hydrogen-bond acceptors (Lipinski definition) is 4. The molecule has 1 aromatic rings. The molecule has 0 bridgehead atoms.